The van der Waals surface area contributed by atoms with Crippen LogP contribution in [0.1, 0.15) is 31.1 Å². The van der Waals surface area contributed by atoms with Gasteiger partial charge >= 0.3 is 0 Å². The summed E-state index contributed by atoms with van der Waals surface area (Å²) in [5, 5.41) is 0. The van der Waals surface area contributed by atoms with Crippen molar-refractivity contribution in [3.8, 4) is 0 Å². The van der Waals surface area contributed by atoms with E-state index in [4.69, 9.17) is 0 Å². The lowest BCUT2D eigenvalue weighted by atomic mass is 10.2. The summed E-state index contributed by atoms with van der Waals surface area (Å²) in [4.78, 5) is 14.4. The van der Waals surface area contributed by atoms with Crippen LogP contribution in [0, 0.1) is 0 Å². The average molecular weight is 211 g/mol. The zero-order valence-electron chi connectivity index (χ0n) is 8.99. The van der Waals surface area contributed by atoms with Crippen molar-refractivity contribution in [3.63, 3.8) is 0 Å². The number of nitrogens with zero attached hydrogens (tertiary/aromatic N) is 1. The van der Waals surface area contributed by atoms with Gasteiger partial charge in [-0.05, 0) is 30.6 Å². The fourth-order valence-corrected chi connectivity index (χ4v) is 1.18. The molecule has 0 atom stereocenters. The Hall–Kier alpha value is -0.830. The number of pyridine rings is 1. The lowest BCUT2D eigenvalue weighted by Crippen LogP contribution is -1.90. The van der Waals surface area contributed by atoms with Gasteiger partial charge in [0.25, 0.3) is 0 Å². The molecule has 0 fully saturated rings. The van der Waals surface area contributed by atoms with Gasteiger partial charge in [0.05, 0.1) is 0 Å². The van der Waals surface area contributed by atoms with Crippen LogP contribution >= 0.6 is 11.8 Å². The van der Waals surface area contributed by atoms with E-state index in [2.05, 4.69) is 18.8 Å². The summed E-state index contributed by atoms with van der Waals surface area (Å²) in [5.74, 6) is 2.58. The summed E-state index contributed by atoms with van der Waals surface area (Å²) in [6, 6.07) is 3.49. The number of thioether (sulfide) groups is 1. The molecule has 0 aromatic carbocycles. The zero-order valence-corrected chi connectivity index (χ0v) is 9.80. The Morgan fingerprint density at radius 3 is 2.29 bits per heavy atom. The molecule has 1 aromatic rings. The Balaban J connectivity index is 0.000000292. The summed E-state index contributed by atoms with van der Waals surface area (Å²) in [6.07, 6.45) is 3.20. The molecule has 0 bridgehead atoms. The van der Waals surface area contributed by atoms with Crippen LogP contribution in [0.3, 0.4) is 0 Å². The van der Waals surface area contributed by atoms with Crippen LogP contribution in [0.15, 0.2) is 24.5 Å². The molecule has 0 aliphatic carbocycles. The van der Waals surface area contributed by atoms with Crippen molar-refractivity contribution in [2.75, 3.05) is 11.5 Å². The number of carbonyl (C=O) groups is 1. The summed E-state index contributed by atoms with van der Waals surface area (Å²) < 4.78 is 0. The Labute approximate surface area is 90.1 Å². The summed E-state index contributed by atoms with van der Waals surface area (Å²) in [7, 11) is 0. The van der Waals surface area contributed by atoms with Crippen molar-refractivity contribution in [3.05, 3.63) is 30.1 Å². The normalized spacial score (nSPS) is 8.79. The van der Waals surface area contributed by atoms with Gasteiger partial charge in [-0.25, -0.2) is 0 Å². The molecule has 0 amide bonds. The van der Waals surface area contributed by atoms with Crippen LogP contribution in [0.5, 0.6) is 0 Å². The maximum absolute atomic E-state index is 10.6. The molecule has 0 aliphatic rings. The van der Waals surface area contributed by atoms with Gasteiger partial charge in [0.1, 0.15) is 0 Å². The highest BCUT2D eigenvalue weighted by molar-refractivity contribution is 7.99. The fraction of sp³-hybridized carbons (Fsp3) is 0.455. The Morgan fingerprint density at radius 2 is 2.07 bits per heavy atom. The van der Waals surface area contributed by atoms with Gasteiger partial charge in [-0.15, -0.1) is 0 Å². The van der Waals surface area contributed by atoms with Crippen molar-refractivity contribution >= 4 is 17.5 Å². The Morgan fingerprint density at radius 1 is 1.43 bits per heavy atom. The predicted octanol–water partition coefficient (Wildman–Crippen LogP) is 3.04. The monoisotopic (exact) mass is 211 g/mol. The second kappa shape index (κ2) is 8.75. The number of rotatable bonds is 3. The minimum absolute atomic E-state index is 0.0584. The third kappa shape index (κ3) is 6.66. The van der Waals surface area contributed by atoms with Crippen molar-refractivity contribution < 1.29 is 4.79 Å². The highest BCUT2D eigenvalue weighted by atomic mass is 32.2. The van der Waals surface area contributed by atoms with Crippen molar-refractivity contribution in [2.45, 2.75) is 20.8 Å². The molecular weight excluding hydrogens is 194 g/mol. The first-order valence-electron chi connectivity index (χ1n) is 4.71. The first-order chi connectivity index (χ1) is 6.72. The van der Waals surface area contributed by atoms with Gasteiger partial charge in [0.2, 0.25) is 0 Å². The van der Waals surface area contributed by atoms with Crippen LogP contribution in [0.2, 0.25) is 0 Å². The van der Waals surface area contributed by atoms with E-state index in [0.717, 1.165) is 0 Å². The fourth-order valence-electron chi connectivity index (χ4n) is 0.775. The molecule has 14 heavy (non-hydrogen) atoms. The van der Waals surface area contributed by atoms with E-state index in [9.17, 15) is 4.79 Å². The van der Waals surface area contributed by atoms with Crippen molar-refractivity contribution in [2.24, 2.45) is 0 Å². The second-order valence-corrected chi connectivity index (χ2v) is 4.14. The molecule has 0 saturated heterocycles. The molecule has 0 radical (unpaired) electrons. The van der Waals surface area contributed by atoms with Crippen LogP contribution in [-0.4, -0.2) is 22.3 Å². The second-order valence-electron chi connectivity index (χ2n) is 2.58. The summed E-state index contributed by atoms with van der Waals surface area (Å²) in [5.41, 5.74) is 0.664. The van der Waals surface area contributed by atoms with Crippen LogP contribution in [0.4, 0.5) is 0 Å². The third-order valence-electron chi connectivity index (χ3n) is 1.48. The topological polar surface area (TPSA) is 30.0 Å². The molecular formula is C11H17NOS. The van der Waals surface area contributed by atoms with Gasteiger partial charge in [-0.3, -0.25) is 9.78 Å². The van der Waals surface area contributed by atoms with E-state index in [-0.39, 0.29) is 5.78 Å². The molecule has 0 saturated carbocycles. The number of carbonyl (C=O) groups excluding carboxylic acids is 1. The molecule has 1 rings (SSSR count). The molecule has 2 nitrogen and oxygen atoms in total. The van der Waals surface area contributed by atoms with Gasteiger partial charge in [0.15, 0.2) is 5.78 Å². The third-order valence-corrected chi connectivity index (χ3v) is 2.29. The van der Waals surface area contributed by atoms with Gasteiger partial charge < -0.3 is 0 Å². The highest BCUT2D eigenvalue weighted by Gasteiger charge is 1.93. The van der Waals surface area contributed by atoms with Crippen molar-refractivity contribution in [1.29, 1.82) is 0 Å². The maximum Gasteiger partial charge on any atom is 0.161 e. The standard InChI is InChI=1S/C7H7NO.C4H10S/c1-6(9)7-3-2-4-8-5-7;1-3-5-4-2/h2-5H,1H3;3-4H2,1-2H3. The van der Waals surface area contributed by atoms with Crippen LogP contribution < -0.4 is 0 Å². The molecule has 0 aliphatic heterocycles. The number of hydrogen-bond donors (Lipinski definition) is 0. The van der Waals surface area contributed by atoms with Gasteiger partial charge in [-0.2, -0.15) is 11.8 Å². The molecule has 3 heteroatoms. The minimum atomic E-state index is 0.0584. The quantitative estimate of drug-likeness (QED) is 0.720. The lowest BCUT2D eigenvalue weighted by molar-refractivity contribution is 0.101. The largest absolute Gasteiger partial charge is 0.294 e. The zero-order chi connectivity index (χ0) is 10.8. The highest BCUT2D eigenvalue weighted by Crippen LogP contribution is 1.94. The number of Topliss-reactive ketones (excluding diaryl/α,β-unsaturated/α-hetero) is 1. The average Bonchev–Trinajstić information content (AvgIpc) is 2.21. The van der Waals surface area contributed by atoms with E-state index < -0.39 is 0 Å². The molecule has 1 heterocycles. The molecule has 78 valence electrons. The lowest BCUT2D eigenvalue weighted by Gasteiger charge is -1.88. The molecule has 0 spiro atoms. The number of aromatic nitrogens is 1. The van der Waals surface area contributed by atoms with Gasteiger partial charge in [0, 0.05) is 18.0 Å². The van der Waals surface area contributed by atoms with E-state index >= 15 is 0 Å². The summed E-state index contributed by atoms with van der Waals surface area (Å²) in [6.45, 7) is 5.87. The van der Waals surface area contributed by atoms with E-state index in [1.165, 1.54) is 18.4 Å². The predicted molar refractivity (Wildman–Crippen MR) is 62.9 cm³/mol. The van der Waals surface area contributed by atoms with E-state index in [1.54, 1.807) is 24.5 Å². The van der Waals surface area contributed by atoms with Crippen LogP contribution in [0.25, 0.3) is 0 Å². The maximum atomic E-state index is 10.6. The minimum Gasteiger partial charge on any atom is -0.294 e. The summed E-state index contributed by atoms with van der Waals surface area (Å²) >= 11 is 1.96. The number of hydrogen-bond acceptors (Lipinski definition) is 3. The van der Waals surface area contributed by atoms with Crippen molar-refractivity contribution in [1.82, 2.24) is 4.98 Å². The number of ketones is 1. The molecule has 0 N–H and O–H groups in total. The smallest absolute Gasteiger partial charge is 0.161 e. The Kier molecular flexibility index (Phi) is 8.24. The SMILES string of the molecule is CC(=O)c1cccnc1.CCSCC. The molecule has 0 unspecified atom stereocenters. The van der Waals surface area contributed by atoms with E-state index in [0.29, 0.717) is 5.56 Å². The first-order valence-corrected chi connectivity index (χ1v) is 5.86. The Bertz CT molecular complexity index is 247. The first kappa shape index (κ1) is 13.2. The van der Waals surface area contributed by atoms with E-state index in [1.807, 2.05) is 11.8 Å². The van der Waals surface area contributed by atoms with Crippen LogP contribution in [-0.2, 0) is 0 Å². The molecule has 1 aromatic heterocycles. The van der Waals surface area contributed by atoms with Gasteiger partial charge in [-0.1, -0.05) is 13.8 Å².